The minimum absolute atomic E-state index is 0.0381. The summed E-state index contributed by atoms with van der Waals surface area (Å²) in [6, 6.07) is 6.53. The predicted octanol–water partition coefficient (Wildman–Crippen LogP) is 4.03. The highest BCUT2D eigenvalue weighted by Gasteiger charge is 2.52. The summed E-state index contributed by atoms with van der Waals surface area (Å²) >= 11 is 0. The van der Waals surface area contributed by atoms with E-state index in [0.29, 0.717) is 30.4 Å². The van der Waals surface area contributed by atoms with E-state index in [1.54, 1.807) is 24.3 Å². The van der Waals surface area contributed by atoms with E-state index in [9.17, 15) is 13.2 Å². The third kappa shape index (κ3) is 3.15. The number of hydrogen-bond donors (Lipinski definition) is 0. The molecule has 1 aromatic carbocycles. The van der Waals surface area contributed by atoms with Gasteiger partial charge in [-0.25, -0.2) is 8.42 Å². The van der Waals surface area contributed by atoms with E-state index in [2.05, 4.69) is 13.8 Å². The molecule has 4 rings (SSSR count). The van der Waals surface area contributed by atoms with E-state index >= 15 is 0 Å². The molecule has 0 saturated heterocycles. The Balaban J connectivity index is 1.82. The molecule has 3 aliphatic rings. The van der Waals surface area contributed by atoms with Crippen molar-refractivity contribution in [3.63, 3.8) is 0 Å². The fraction of sp³-hybridized carbons (Fsp3) is 0.591. The van der Waals surface area contributed by atoms with E-state index in [-0.39, 0.29) is 28.6 Å². The molecule has 0 N–H and O–H groups in total. The second kappa shape index (κ2) is 7.21. The number of hydrogen-bond acceptors (Lipinski definition) is 4. The summed E-state index contributed by atoms with van der Waals surface area (Å²) in [5, 5.41) is 0. The van der Waals surface area contributed by atoms with Gasteiger partial charge in [0.05, 0.1) is 10.9 Å². The first kappa shape index (κ1) is 19.5. The van der Waals surface area contributed by atoms with Crippen LogP contribution in [0.15, 0.2) is 40.6 Å². The summed E-state index contributed by atoms with van der Waals surface area (Å²) in [5.41, 5.74) is 1.32. The number of nitrogens with zero attached hydrogens (tertiary/aromatic N) is 1. The molecule has 1 aromatic rings. The molecule has 0 bridgehead atoms. The average molecular weight is 404 g/mol. The molecule has 0 aromatic heterocycles. The zero-order valence-electron chi connectivity index (χ0n) is 16.8. The highest BCUT2D eigenvalue weighted by molar-refractivity contribution is 7.89. The van der Waals surface area contributed by atoms with Gasteiger partial charge in [-0.2, -0.15) is 0 Å². The molecular weight excluding hydrogens is 374 g/mol. The first-order valence-corrected chi connectivity index (χ1v) is 11.8. The van der Waals surface area contributed by atoms with Gasteiger partial charge in [0.15, 0.2) is 5.78 Å². The second-order valence-electron chi connectivity index (χ2n) is 8.78. The quantitative estimate of drug-likeness (QED) is 0.761. The van der Waals surface area contributed by atoms with E-state index < -0.39 is 10.0 Å². The van der Waals surface area contributed by atoms with Crippen molar-refractivity contribution < 1.29 is 17.9 Å². The molecule has 1 aliphatic heterocycles. The summed E-state index contributed by atoms with van der Waals surface area (Å²) in [4.78, 5) is 13.5. The highest BCUT2D eigenvalue weighted by Crippen LogP contribution is 2.48. The standard InChI is InChI=1S/C22H29NO4S/c1-14(2)12-16-13-27-22-19-7-5-4-6-18(19)21(24)20(22)23(16)28(25,26)17-10-8-15(3)9-11-17/h8-11,14,16,18-19H,4-7,12-13H2,1-3H3/t16-,18+,19-/m0/s1. The third-order valence-corrected chi connectivity index (χ3v) is 8.08. The Kier molecular flexibility index (Phi) is 5.02. The van der Waals surface area contributed by atoms with Gasteiger partial charge in [-0.1, -0.05) is 44.4 Å². The number of benzene rings is 1. The summed E-state index contributed by atoms with van der Waals surface area (Å²) in [6.45, 7) is 6.38. The monoisotopic (exact) mass is 403 g/mol. The maximum Gasteiger partial charge on any atom is 0.264 e. The van der Waals surface area contributed by atoms with Crippen LogP contribution in [0.4, 0.5) is 0 Å². The van der Waals surface area contributed by atoms with Crippen LogP contribution in [0, 0.1) is 24.7 Å². The summed E-state index contributed by atoms with van der Waals surface area (Å²) < 4.78 is 34.9. The molecule has 0 amide bonds. The van der Waals surface area contributed by atoms with Gasteiger partial charge in [-0.15, -0.1) is 0 Å². The van der Waals surface area contributed by atoms with Crippen molar-refractivity contribution >= 4 is 15.8 Å². The predicted molar refractivity (Wildman–Crippen MR) is 107 cm³/mol. The number of carbonyl (C=O) groups excluding carboxylic acids is 1. The first-order chi connectivity index (χ1) is 13.3. The number of ether oxygens (including phenoxy) is 1. The van der Waals surface area contributed by atoms with E-state index in [1.165, 1.54) is 4.31 Å². The summed E-state index contributed by atoms with van der Waals surface area (Å²) in [5.74, 6) is 0.818. The Morgan fingerprint density at radius 1 is 1.11 bits per heavy atom. The van der Waals surface area contributed by atoms with Crippen LogP contribution in [0.2, 0.25) is 0 Å². The SMILES string of the molecule is Cc1ccc(S(=O)(=O)N2C3=C(OC[C@@H]2CC(C)C)[C@H]2CCCC[C@H]2C3=O)cc1. The number of rotatable bonds is 4. The van der Waals surface area contributed by atoms with E-state index in [4.69, 9.17) is 4.74 Å². The van der Waals surface area contributed by atoms with Crippen molar-refractivity contribution in [3.8, 4) is 0 Å². The lowest BCUT2D eigenvalue weighted by molar-refractivity contribution is -0.121. The fourth-order valence-electron chi connectivity index (χ4n) is 4.91. The van der Waals surface area contributed by atoms with E-state index in [1.807, 2.05) is 6.92 Å². The number of sulfonamides is 1. The molecule has 5 nitrogen and oxygen atoms in total. The van der Waals surface area contributed by atoms with Gasteiger partial charge in [0.25, 0.3) is 10.0 Å². The largest absolute Gasteiger partial charge is 0.493 e. The molecule has 0 radical (unpaired) electrons. The topological polar surface area (TPSA) is 63.7 Å². The fourth-order valence-corrected chi connectivity index (χ4v) is 6.58. The zero-order chi connectivity index (χ0) is 20.1. The van der Waals surface area contributed by atoms with Crippen LogP contribution in [-0.4, -0.2) is 31.2 Å². The second-order valence-corrected chi connectivity index (χ2v) is 10.6. The molecule has 3 atom stereocenters. The van der Waals surface area contributed by atoms with Crippen LogP contribution >= 0.6 is 0 Å². The number of fused-ring (bicyclic) bond motifs is 2. The Morgan fingerprint density at radius 2 is 1.75 bits per heavy atom. The minimum atomic E-state index is -3.83. The van der Waals surface area contributed by atoms with Crippen LogP contribution in [0.1, 0.15) is 51.5 Å². The zero-order valence-corrected chi connectivity index (χ0v) is 17.7. The van der Waals surface area contributed by atoms with Gasteiger partial charge in [0.2, 0.25) is 0 Å². The molecule has 1 heterocycles. The van der Waals surface area contributed by atoms with Crippen molar-refractivity contribution in [2.24, 2.45) is 17.8 Å². The van der Waals surface area contributed by atoms with Gasteiger partial charge < -0.3 is 4.74 Å². The van der Waals surface area contributed by atoms with E-state index in [0.717, 1.165) is 31.2 Å². The van der Waals surface area contributed by atoms with Gasteiger partial charge in [0, 0.05) is 11.8 Å². The number of Topliss-reactive ketones (excluding diaryl/α,β-unsaturated/α-hetero) is 1. The van der Waals surface area contributed by atoms with Gasteiger partial charge in [-0.05, 0) is 44.2 Å². The Bertz CT molecular complexity index is 901. The van der Waals surface area contributed by atoms with Crippen LogP contribution in [0.5, 0.6) is 0 Å². The third-order valence-electron chi connectivity index (χ3n) is 6.21. The molecule has 2 aliphatic carbocycles. The van der Waals surface area contributed by atoms with Crippen molar-refractivity contribution in [1.29, 1.82) is 0 Å². The van der Waals surface area contributed by atoms with Crippen LogP contribution < -0.4 is 0 Å². The lowest BCUT2D eigenvalue weighted by Crippen LogP contribution is -2.47. The minimum Gasteiger partial charge on any atom is -0.493 e. The molecule has 0 spiro atoms. The molecule has 28 heavy (non-hydrogen) atoms. The number of ketones is 1. The van der Waals surface area contributed by atoms with Crippen molar-refractivity contribution in [3.05, 3.63) is 41.3 Å². The van der Waals surface area contributed by atoms with Crippen molar-refractivity contribution in [2.75, 3.05) is 6.61 Å². The maximum atomic E-state index is 13.7. The average Bonchev–Trinajstić information content (AvgIpc) is 2.94. The molecule has 152 valence electrons. The number of carbonyl (C=O) groups is 1. The number of aryl methyl sites for hydroxylation is 1. The normalized spacial score (nSPS) is 27.6. The van der Waals surface area contributed by atoms with Gasteiger partial charge in [0.1, 0.15) is 18.1 Å². The van der Waals surface area contributed by atoms with Crippen molar-refractivity contribution in [1.82, 2.24) is 4.31 Å². The summed E-state index contributed by atoms with van der Waals surface area (Å²) in [6.07, 6.45) is 4.47. The highest BCUT2D eigenvalue weighted by atomic mass is 32.2. The van der Waals surface area contributed by atoms with Gasteiger partial charge in [-0.3, -0.25) is 9.10 Å². The number of allylic oxidation sites excluding steroid dienone is 2. The van der Waals surface area contributed by atoms with Crippen LogP contribution in [0.3, 0.4) is 0 Å². The van der Waals surface area contributed by atoms with Crippen LogP contribution in [-0.2, 0) is 19.6 Å². The Morgan fingerprint density at radius 3 is 2.39 bits per heavy atom. The molecule has 1 saturated carbocycles. The molecule has 1 fully saturated rings. The molecule has 6 heteroatoms. The first-order valence-electron chi connectivity index (χ1n) is 10.3. The van der Waals surface area contributed by atoms with Gasteiger partial charge >= 0.3 is 0 Å². The Hall–Kier alpha value is -1.82. The Labute approximate surface area is 167 Å². The lowest BCUT2D eigenvalue weighted by Gasteiger charge is -2.38. The maximum absolute atomic E-state index is 13.7. The molecule has 0 unspecified atom stereocenters. The summed E-state index contributed by atoms with van der Waals surface area (Å²) in [7, 11) is -3.83. The molecular formula is C22H29NO4S. The van der Waals surface area contributed by atoms with Crippen molar-refractivity contribution in [2.45, 2.75) is 63.8 Å². The van der Waals surface area contributed by atoms with Crippen LogP contribution in [0.25, 0.3) is 0 Å². The lowest BCUT2D eigenvalue weighted by atomic mass is 9.80. The smallest absolute Gasteiger partial charge is 0.264 e.